The number of fused-ring (bicyclic) bond motifs is 3. The highest BCUT2D eigenvalue weighted by atomic mass is 16.5. The van der Waals surface area contributed by atoms with Gasteiger partial charge in [0, 0.05) is 12.7 Å². The largest absolute Gasteiger partial charge is 0.508 e. The maximum atomic E-state index is 10.2. The van der Waals surface area contributed by atoms with Gasteiger partial charge in [-0.2, -0.15) is 0 Å². The standard InChI is InChI=1S/C18H20O4/c1-21-8-9-22-7-6-16-17-11-12-10-13(19)2-3-14(12)15(17)4-5-18(16)20/h2-5,10,19-20H,6-9,11H2,1H3. The molecule has 3 rings (SSSR count). The Morgan fingerprint density at radius 2 is 1.82 bits per heavy atom. The van der Waals surface area contributed by atoms with Gasteiger partial charge in [-0.3, -0.25) is 0 Å². The van der Waals surface area contributed by atoms with Crippen molar-refractivity contribution in [3.8, 4) is 22.6 Å². The summed E-state index contributed by atoms with van der Waals surface area (Å²) in [5.74, 6) is 0.589. The van der Waals surface area contributed by atoms with Crippen molar-refractivity contribution in [1.29, 1.82) is 0 Å². The minimum atomic E-state index is 0.278. The van der Waals surface area contributed by atoms with Crippen molar-refractivity contribution in [1.82, 2.24) is 0 Å². The molecule has 0 atom stereocenters. The lowest BCUT2D eigenvalue weighted by atomic mass is 9.98. The molecule has 0 saturated carbocycles. The Hall–Kier alpha value is -2.04. The molecule has 0 unspecified atom stereocenters. The molecule has 0 bridgehead atoms. The Morgan fingerprint density at radius 1 is 1.00 bits per heavy atom. The van der Waals surface area contributed by atoms with E-state index in [2.05, 4.69) is 0 Å². The summed E-state index contributed by atoms with van der Waals surface area (Å²) in [6.07, 6.45) is 1.40. The molecule has 0 spiro atoms. The first-order valence-corrected chi connectivity index (χ1v) is 7.43. The number of hydrogen-bond acceptors (Lipinski definition) is 4. The average molecular weight is 300 g/mol. The molecule has 1 aliphatic rings. The summed E-state index contributed by atoms with van der Waals surface area (Å²) in [7, 11) is 1.64. The smallest absolute Gasteiger partial charge is 0.119 e. The number of benzene rings is 2. The number of methoxy groups -OCH3 is 1. The van der Waals surface area contributed by atoms with Crippen LogP contribution in [-0.4, -0.2) is 37.1 Å². The second-order valence-electron chi connectivity index (χ2n) is 5.46. The lowest BCUT2D eigenvalue weighted by Crippen LogP contribution is -2.06. The van der Waals surface area contributed by atoms with E-state index >= 15 is 0 Å². The molecular weight excluding hydrogens is 280 g/mol. The van der Waals surface area contributed by atoms with E-state index in [9.17, 15) is 10.2 Å². The lowest BCUT2D eigenvalue weighted by molar-refractivity contribution is 0.0720. The van der Waals surface area contributed by atoms with Crippen LogP contribution < -0.4 is 0 Å². The summed E-state index contributed by atoms with van der Waals surface area (Å²) in [5, 5.41) is 19.8. The molecule has 4 nitrogen and oxygen atoms in total. The first-order valence-electron chi connectivity index (χ1n) is 7.43. The maximum absolute atomic E-state index is 10.2. The molecule has 1 aliphatic carbocycles. The molecule has 0 amide bonds. The predicted octanol–water partition coefficient (Wildman–Crippen LogP) is 2.87. The number of aromatic hydroxyl groups is 2. The van der Waals surface area contributed by atoms with Gasteiger partial charge in [0.15, 0.2) is 0 Å². The summed E-state index contributed by atoms with van der Waals surface area (Å²) in [4.78, 5) is 0. The van der Waals surface area contributed by atoms with E-state index in [0.717, 1.165) is 34.2 Å². The van der Waals surface area contributed by atoms with Crippen molar-refractivity contribution in [3.63, 3.8) is 0 Å². The van der Waals surface area contributed by atoms with Gasteiger partial charge in [-0.05, 0) is 53.3 Å². The van der Waals surface area contributed by atoms with Crippen LogP contribution in [0.25, 0.3) is 11.1 Å². The van der Waals surface area contributed by atoms with Crippen LogP contribution in [0, 0.1) is 0 Å². The van der Waals surface area contributed by atoms with Crippen LogP contribution in [0.4, 0.5) is 0 Å². The van der Waals surface area contributed by atoms with Gasteiger partial charge in [0.25, 0.3) is 0 Å². The minimum absolute atomic E-state index is 0.278. The summed E-state index contributed by atoms with van der Waals surface area (Å²) in [6, 6.07) is 9.13. The highest BCUT2D eigenvalue weighted by Gasteiger charge is 2.23. The zero-order chi connectivity index (χ0) is 15.5. The molecule has 2 aromatic carbocycles. The number of rotatable bonds is 6. The minimum Gasteiger partial charge on any atom is -0.508 e. The van der Waals surface area contributed by atoms with E-state index in [1.165, 1.54) is 0 Å². The van der Waals surface area contributed by atoms with E-state index in [4.69, 9.17) is 9.47 Å². The quantitative estimate of drug-likeness (QED) is 0.687. The summed E-state index contributed by atoms with van der Waals surface area (Å²) < 4.78 is 10.5. The van der Waals surface area contributed by atoms with Gasteiger partial charge >= 0.3 is 0 Å². The van der Waals surface area contributed by atoms with Gasteiger partial charge < -0.3 is 19.7 Å². The van der Waals surface area contributed by atoms with E-state index in [0.29, 0.717) is 32.0 Å². The van der Waals surface area contributed by atoms with Crippen molar-refractivity contribution in [2.45, 2.75) is 12.8 Å². The lowest BCUT2D eigenvalue weighted by Gasteiger charge is -2.11. The maximum Gasteiger partial charge on any atom is 0.119 e. The second-order valence-corrected chi connectivity index (χ2v) is 5.46. The number of ether oxygens (including phenoxy) is 2. The SMILES string of the molecule is COCCOCCc1c(O)ccc2c1Cc1cc(O)ccc1-2. The van der Waals surface area contributed by atoms with Gasteiger partial charge in [0.05, 0.1) is 19.8 Å². The zero-order valence-electron chi connectivity index (χ0n) is 12.6. The first kappa shape index (κ1) is 14.9. The molecule has 22 heavy (non-hydrogen) atoms. The fraction of sp³-hybridized carbons (Fsp3) is 0.333. The van der Waals surface area contributed by atoms with Gasteiger partial charge in [-0.1, -0.05) is 12.1 Å². The normalized spacial score (nSPS) is 12.2. The van der Waals surface area contributed by atoms with Gasteiger partial charge in [-0.25, -0.2) is 0 Å². The van der Waals surface area contributed by atoms with Gasteiger partial charge in [-0.15, -0.1) is 0 Å². The Labute approximate surface area is 129 Å². The van der Waals surface area contributed by atoms with Crippen molar-refractivity contribution in [2.24, 2.45) is 0 Å². The number of phenolic OH excluding ortho intramolecular Hbond substituents is 2. The molecule has 0 heterocycles. The fourth-order valence-electron chi connectivity index (χ4n) is 3.01. The van der Waals surface area contributed by atoms with Gasteiger partial charge in [0.1, 0.15) is 11.5 Å². The van der Waals surface area contributed by atoms with E-state index in [1.54, 1.807) is 25.3 Å². The third-order valence-corrected chi connectivity index (χ3v) is 4.08. The molecule has 2 aromatic rings. The fourth-order valence-corrected chi connectivity index (χ4v) is 3.01. The van der Waals surface area contributed by atoms with Crippen LogP contribution in [0.2, 0.25) is 0 Å². The Bertz CT molecular complexity index is 679. The van der Waals surface area contributed by atoms with Crippen molar-refractivity contribution < 1.29 is 19.7 Å². The molecule has 0 aliphatic heterocycles. The van der Waals surface area contributed by atoms with Crippen LogP contribution in [-0.2, 0) is 22.3 Å². The van der Waals surface area contributed by atoms with Crippen LogP contribution >= 0.6 is 0 Å². The Kier molecular flexibility index (Phi) is 4.32. The highest BCUT2D eigenvalue weighted by Crippen LogP contribution is 2.42. The summed E-state index contributed by atoms with van der Waals surface area (Å²) in [6.45, 7) is 1.68. The second kappa shape index (κ2) is 6.38. The topological polar surface area (TPSA) is 58.9 Å². The molecule has 0 saturated heterocycles. The molecule has 116 valence electrons. The van der Waals surface area contributed by atoms with E-state index in [-0.39, 0.29) is 5.75 Å². The third-order valence-electron chi connectivity index (χ3n) is 4.08. The predicted molar refractivity (Wildman–Crippen MR) is 84.4 cm³/mol. The van der Waals surface area contributed by atoms with Crippen molar-refractivity contribution in [2.75, 3.05) is 26.9 Å². The molecule has 2 N–H and O–H groups in total. The Morgan fingerprint density at radius 3 is 2.64 bits per heavy atom. The average Bonchev–Trinajstić information content (AvgIpc) is 2.86. The van der Waals surface area contributed by atoms with Gasteiger partial charge in [0.2, 0.25) is 0 Å². The third kappa shape index (κ3) is 2.80. The Balaban J connectivity index is 1.82. The highest BCUT2D eigenvalue weighted by molar-refractivity contribution is 5.79. The van der Waals surface area contributed by atoms with Crippen molar-refractivity contribution in [3.05, 3.63) is 47.0 Å². The van der Waals surface area contributed by atoms with Crippen LogP contribution in [0.5, 0.6) is 11.5 Å². The molecule has 4 heteroatoms. The van der Waals surface area contributed by atoms with Crippen LogP contribution in [0.1, 0.15) is 16.7 Å². The molecular formula is C18H20O4. The zero-order valence-corrected chi connectivity index (χ0v) is 12.6. The van der Waals surface area contributed by atoms with Crippen LogP contribution in [0.15, 0.2) is 30.3 Å². The molecule has 0 radical (unpaired) electrons. The summed E-state index contributed by atoms with van der Waals surface area (Å²) in [5.41, 5.74) is 5.44. The van der Waals surface area contributed by atoms with E-state index in [1.807, 2.05) is 12.1 Å². The van der Waals surface area contributed by atoms with E-state index < -0.39 is 0 Å². The van der Waals surface area contributed by atoms with Crippen LogP contribution in [0.3, 0.4) is 0 Å². The molecule has 0 aromatic heterocycles. The number of hydrogen-bond donors (Lipinski definition) is 2. The molecule has 0 fully saturated rings. The summed E-state index contributed by atoms with van der Waals surface area (Å²) >= 11 is 0. The number of phenols is 2. The van der Waals surface area contributed by atoms with Crippen molar-refractivity contribution >= 4 is 0 Å². The first-order chi connectivity index (χ1) is 10.7. The monoisotopic (exact) mass is 300 g/mol.